The fourth-order valence-corrected chi connectivity index (χ4v) is 1.86. The Kier molecular flexibility index (Phi) is 14.7. The maximum atomic E-state index is 3.13. The molecule has 0 bridgehead atoms. The predicted octanol–water partition coefficient (Wildman–Crippen LogP) is 4.96. The van der Waals surface area contributed by atoms with Crippen LogP contribution in [0, 0.1) is 23.7 Å². The SMILES string of the molecule is CCCCC#CC#CCCCCCCCI. The van der Waals surface area contributed by atoms with Gasteiger partial charge in [-0.25, -0.2) is 0 Å². The number of hydrogen-bond donors (Lipinski definition) is 0. The molecule has 90 valence electrons. The van der Waals surface area contributed by atoms with E-state index in [2.05, 4.69) is 53.2 Å². The Labute approximate surface area is 115 Å². The van der Waals surface area contributed by atoms with E-state index in [9.17, 15) is 0 Å². The Hall–Kier alpha value is -0.150. The lowest BCUT2D eigenvalue weighted by Gasteiger charge is -1.95. The smallest absolute Gasteiger partial charge is 0.00989 e. The zero-order valence-electron chi connectivity index (χ0n) is 10.4. The van der Waals surface area contributed by atoms with Gasteiger partial charge in [0.15, 0.2) is 0 Å². The summed E-state index contributed by atoms with van der Waals surface area (Å²) in [5.41, 5.74) is 0. The molecule has 0 nitrogen and oxygen atoms in total. The van der Waals surface area contributed by atoms with Gasteiger partial charge in [0.05, 0.1) is 0 Å². The molecule has 0 aromatic rings. The minimum absolute atomic E-state index is 1.00. The molecule has 0 saturated carbocycles. The first-order valence-corrected chi connectivity index (χ1v) is 7.96. The molecule has 0 spiro atoms. The molecule has 0 fully saturated rings. The summed E-state index contributed by atoms with van der Waals surface area (Å²) in [5.74, 6) is 12.1. The molecule has 0 atom stereocenters. The van der Waals surface area contributed by atoms with Crippen LogP contribution >= 0.6 is 22.6 Å². The van der Waals surface area contributed by atoms with E-state index in [1.165, 1.54) is 49.4 Å². The monoisotopic (exact) mass is 330 g/mol. The summed E-state index contributed by atoms with van der Waals surface area (Å²) >= 11 is 2.44. The van der Waals surface area contributed by atoms with Crippen molar-refractivity contribution in [1.29, 1.82) is 0 Å². The van der Waals surface area contributed by atoms with Crippen molar-refractivity contribution < 1.29 is 0 Å². The van der Waals surface area contributed by atoms with Gasteiger partial charge in [-0.15, -0.1) is 0 Å². The molecule has 0 heterocycles. The number of halogens is 1. The topological polar surface area (TPSA) is 0 Å². The van der Waals surface area contributed by atoms with Gasteiger partial charge in [-0.1, -0.05) is 67.0 Å². The van der Waals surface area contributed by atoms with Crippen LogP contribution < -0.4 is 0 Å². The molecule has 0 aliphatic carbocycles. The van der Waals surface area contributed by atoms with Gasteiger partial charge in [0, 0.05) is 12.8 Å². The summed E-state index contributed by atoms with van der Waals surface area (Å²) in [6.45, 7) is 2.19. The third-order valence-corrected chi connectivity index (χ3v) is 3.09. The highest BCUT2D eigenvalue weighted by Crippen LogP contribution is 2.05. The molecule has 1 heteroatoms. The van der Waals surface area contributed by atoms with Gasteiger partial charge in [0.1, 0.15) is 0 Å². The number of rotatable bonds is 8. The van der Waals surface area contributed by atoms with Crippen LogP contribution in [-0.4, -0.2) is 4.43 Å². The zero-order chi connectivity index (χ0) is 11.9. The normalized spacial score (nSPS) is 8.88. The van der Waals surface area contributed by atoms with Crippen molar-refractivity contribution in [2.45, 2.75) is 64.7 Å². The standard InChI is InChI=1S/C15H23I/c1-2-3-4-5-6-7-8-9-10-11-12-13-14-15-16/h2-4,9-15H2,1H3. The van der Waals surface area contributed by atoms with Crippen molar-refractivity contribution in [1.82, 2.24) is 0 Å². The average Bonchev–Trinajstić information content (AvgIpc) is 2.31. The first kappa shape index (κ1) is 15.9. The Bertz CT molecular complexity index is 246. The number of alkyl halides is 1. The first-order valence-electron chi connectivity index (χ1n) is 6.43. The molecule has 0 aromatic heterocycles. The fourth-order valence-electron chi connectivity index (χ4n) is 1.32. The Morgan fingerprint density at radius 2 is 1.31 bits per heavy atom. The molecule has 0 N–H and O–H groups in total. The summed E-state index contributed by atoms with van der Waals surface area (Å²) in [5, 5.41) is 0. The molecular weight excluding hydrogens is 307 g/mol. The van der Waals surface area contributed by atoms with Gasteiger partial charge < -0.3 is 0 Å². The summed E-state index contributed by atoms with van der Waals surface area (Å²) in [6.07, 6.45) is 11.1. The van der Waals surface area contributed by atoms with E-state index in [0.29, 0.717) is 0 Å². The largest absolute Gasteiger partial charge is 0.0891 e. The van der Waals surface area contributed by atoms with Crippen LogP contribution in [0.4, 0.5) is 0 Å². The number of hydrogen-bond acceptors (Lipinski definition) is 0. The van der Waals surface area contributed by atoms with E-state index in [0.717, 1.165) is 12.8 Å². The van der Waals surface area contributed by atoms with Crippen LogP contribution in [0.1, 0.15) is 64.7 Å². The molecule has 0 aliphatic heterocycles. The van der Waals surface area contributed by atoms with E-state index >= 15 is 0 Å². The fraction of sp³-hybridized carbons (Fsp3) is 0.733. The second kappa shape index (κ2) is 14.8. The first-order chi connectivity index (χ1) is 7.91. The van der Waals surface area contributed by atoms with Crippen LogP contribution in [-0.2, 0) is 0 Å². The van der Waals surface area contributed by atoms with Gasteiger partial charge in [-0.2, -0.15) is 0 Å². The van der Waals surface area contributed by atoms with E-state index in [4.69, 9.17) is 0 Å². The molecule has 0 aromatic carbocycles. The second-order valence-corrected chi connectivity index (χ2v) is 4.99. The van der Waals surface area contributed by atoms with Crippen molar-refractivity contribution in [2.24, 2.45) is 0 Å². The number of unbranched alkanes of at least 4 members (excludes halogenated alkanes) is 7. The van der Waals surface area contributed by atoms with Crippen LogP contribution in [0.15, 0.2) is 0 Å². The third kappa shape index (κ3) is 13.8. The molecule has 0 rings (SSSR count). The Balaban J connectivity index is 3.23. The van der Waals surface area contributed by atoms with E-state index in [-0.39, 0.29) is 0 Å². The molecule has 16 heavy (non-hydrogen) atoms. The minimum atomic E-state index is 1.00. The van der Waals surface area contributed by atoms with E-state index in [1.54, 1.807) is 0 Å². The maximum Gasteiger partial charge on any atom is 0.00989 e. The highest BCUT2D eigenvalue weighted by Gasteiger charge is 1.87. The third-order valence-electron chi connectivity index (χ3n) is 2.33. The van der Waals surface area contributed by atoms with E-state index < -0.39 is 0 Å². The average molecular weight is 330 g/mol. The highest BCUT2D eigenvalue weighted by atomic mass is 127. The van der Waals surface area contributed by atoms with Crippen molar-refractivity contribution >= 4 is 22.6 Å². The Morgan fingerprint density at radius 1 is 0.750 bits per heavy atom. The lowest BCUT2D eigenvalue weighted by atomic mass is 10.1. The quantitative estimate of drug-likeness (QED) is 0.255. The van der Waals surface area contributed by atoms with Crippen molar-refractivity contribution in [3.63, 3.8) is 0 Å². The highest BCUT2D eigenvalue weighted by molar-refractivity contribution is 14.1. The van der Waals surface area contributed by atoms with Crippen LogP contribution in [0.3, 0.4) is 0 Å². The molecule has 0 radical (unpaired) electrons. The predicted molar refractivity (Wildman–Crippen MR) is 81.7 cm³/mol. The summed E-state index contributed by atoms with van der Waals surface area (Å²) in [6, 6.07) is 0. The van der Waals surface area contributed by atoms with Crippen LogP contribution in [0.5, 0.6) is 0 Å². The summed E-state index contributed by atoms with van der Waals surface area (Å²) < 4.78 is 1.30. The van der Waals surface area contributed by atoms with Crippen molar-refractivity contribution in [2.75, 3.05) is 4.43 Å². The van der Waals surface area contributed by atoms with Crippen LogP contribution in [0.25, 0.3) is 0 Å². The van der Waals surface area contributed by atoms with Gasteiger partial charge in [0.25, 0.3) is 0 Å². The van der Waals surface area contributed by atoms with Gasteiger partial charge in [-0.05, 0) is 35.5 Å². The Morgan fingerprint density at radius 3 is 1.94 bits per heavy atom. The van der Waals surface area contributed by atoms with E-state index in [1.807, 2.05) is 0 Å². The summed E-state index contributed by atoms with van der Waals surface area (Å²) in [4.78, 5) is 0. The van der Waals surface area contributed by atoms with Gasteiger partial charge >= 0.3 is 0 Å². The maximum absolute atomic E-state index is 3.13. The zero-order valence-corrected chi connectivity index (χ0v) is 12.6. The lowest BCUT2D eigenvalue weighted by Crippen LogP contribution is -1.79. The molecular formula is C15H23I. The van der Waals surface area contributed by atoms with Gasteiger partial charge in [-0.3, -0.25) is 0 Å². The molecule has 0 amide bonds. The molecule has 0 unspecified atom stereocenters. The summed E-state index contributed by atoms with van der Waals surface area (Å²) in [7, 11) is 0. The second-order valence-electron chi connectivity index (χ2n) is 3.91. The molecule has 0 saturated heterocycles. The van der Waals surface area contributed by atoms with Crippen LogP contribution in [0.2, 0.25) is 0 Å². The molecule has 0 aliphatic rings. The van der Waals surface area contributed by atoms with Crippen molar-refractivity contribution in [3.8, 4) is 23.7 Å². The van der Waals surface area contributed by atoms with Crippen molar-refractivity contribution in [3.05, 3.63) is 0 Å². The van der Waals surface area contributed by atoms with Gasteiger partial charge in [0.2, 0.25) is 0 Å². The lowest BCUT2D eigenvalue weighted by molar-refractivity contribution is 0.646. The minimum Gasteiger partial charge on any atom is -0.0891 e.